The van der Waals surface area contributed by atoms with Crippen molar-refractivity contribution in [2.45, 2.75) is 6.92 Å². The summed E-state index contributed by atoms with van der Waals surface area (Å²) in [7, 11) is 0. The summed E-state index contributed by atoms with van der Waals surface area (Å²) in [6, 6.07) is 21.2. The zero-order valence-electron chi connectivity index (χ0n) is 17.9. The summed E-state index contributed by atoms with van der Waals surface area (Å²) >= 11 is 0. The number of carbonyl (C=O) groups excluding carboxylic acids is 1. The third-order valence-corrected chi connectivity index (χ3v) is 5.69. The molecule has 0 saturated carbocycles. The lowest BCUT2D eigenvalue weighted by Gasteiger charge is -2.18. The summed E-state index contributed by atoms with van der Waals surface area (Å²) in [6.45, 7) is 3.00. The van der Waals surface area contributed by atoms with E-state index < -0.39 is 0 Å². The Morgan fingerprint density at radius 1 is 0.909 bits per heavy atom. The first-order valence-electron chi connectivity index (χ1n) is 10.8. The van der Waals surface area contributed by atoms with Crippen molar-refractivity contribution in [1.82, 2.24) is 9.78 Å². The van der Waals surface area contributed by atoms with Gasteiger partial charge in [-0.3, -0.25) is 4.79 Å². The van der Waals surface area contributed by atoms with E-state index in [1.165, 1.54) is 0 Å². The van der Waals surface area contributed by atoms with Crippen LogP contribution in [-0.2, 0) is 0 Å². The van der Waals surface area contributed by atoms with Gasteiger partial charge in [0.15, 0.2) is 17.3 Å². The average molecular weight is 436 g/mol. The molecule has 2 aliphatic rings. The number of ether oxygens (including phenoxy) is 3. The molecule has 1 aromatic heterocycles. The fourth-order valence-electron chi connectivity index (χ4n) is 4.06. The Balaban J connectivity index is 1.47. The van der Waals surface area contributed by atoms with E-state index in [0.717, 1.165) is 22.4 Å². The van der Waals surface area contributed by atoms with Gasteiger partial charge in [-0.25, -0.2) is 4.68 Å². The van der Waals surface area contributed by atoms with Crippen molar-refractivity contribution in [2.75, 3.05) is 13.2 Å². The summed E-state index contributed by atoms with van der Waals surface area (Å²) in [5.41, 5.74) is 4.85. The number of para-hydroxylation sites is 1. The number of hydrogen-bond acceptors (Lipinski definition) is 5. The van der Waals surface area contributed by atoms with Crippen molar-refractivity contribution in [3.63, 3.8) is 0 Å². The summed E-state index contributed by atoms with van der Waals surface area (Å²) in [5, 5.41) is 4.84. The van der Waals surface area contributed by atoms with E-state index in [4.69, 9.17) is 19.3 Å². The van der Waals surface area contributed by atoms with Gasteiger partial charge < -0.3 is 14.2 Å². The highest BCUT2D eigenvalue weighted by Crippen LogP contribution is 2.37. The fraction of sp³-hybridized carbons (Fsp3) is 0.111. The van der Waals surface area contributed by atoms with Crippen LogP contribution in [0.3, 0.4) is 0 Å². The molecule has 0 saturated heterocycles. The topological polar surface area (TPSA) is 62.6 Å². The summed E-state index contributed by atoms with van der Waals surface area (Å²) in [6.07, 6.45) is 3.66. The Morgan fingerprint density at radius 2 is 1.70 bits per heavy atom. The molecule has 0 spiro atoms. The fourth-order valence-corrected chi connectivity index (χ4v) is 4.06. The third-order valence-electron chi connectivity index (χ3n) is 5.69. The maximum atomic E-state index is 13.0. The SMILES string of the molecule is Cc1ccc2c(c1)C(=O)/C(=C/c1cn(-c3ccccc3)nc1-c1ccc3c(c1)OCCO3)O2. The molecule has 4 aromatic rings. The minimum atomic E-state index is -0.130. The van der Waals surface area contributed by atoms with Gasteiger partial charge in [-0.15, -0.1) is 0 Å². The van der Waals surface area contributed by atoms with Crippen LogP contribution in [0.25, 0.3) is 23.0 Å². The van der Waals surface area contributed by atoms with Gasteiger partial charge in [0.2, 0.25) is 5.78 Å². The van der Waals surface area contributed by atoms with Crippen LogP contribution in [-0.4, -0.2) is 28.8 Å². The molecule has 0 aliphatic carbocycles. The van der Waals surface area contributed by atoms with E-state index in [0.29, 0.717) is 41.7 Å². The van der Waals surface area contributed by atoms with E-state index >= 15 is 0 Å². The number of ketones is 1. The molecule has 162 valence electrons. The molecule has 0 amide bonds. The molecule has 6 nitrogen and oxygen atoms in total. The second-order valence-electron chi connectivity index (χ2n) is 8.01. The third kappa shape index (κ3) is 3.46. The normalized spacial score (nSPS) is 15.4. The number of aryl methyl sites for hydroxylation is 1. The molecule has 0 unspecified atom stereocenters. The van der Waals surface area contributed by atoms with Crippen molar-refractivity contribution in [3.05, 3.63) is 95.4 Å². The number of fused-ring (bicyclic) bond motifs is 2. The van der Waals surface area contributed by atoms with Gasteiger partial charge in [0.1, 0.15) is 24.7 Å². The van der Waals surface area contributed by atoms with Crippen LogP contribution in [0.15, 0.2) is 78.7 Å². The van der Waals surface area contributed by atoms with Crippen LogP contribution in [0.4, 0.5) is 0 Å². The Hall–Kier alpha value is -4.32. The first-order valence-corrected chi connectivity index (χ1v) is 10.8. The second kappa shape index (κ2) is 7.67. The lowest BCUT2D eigenvalue weighted by molar-refractivity contribution is 0.101. The minimum absolute atomic E-state index is 0.130. The van der Waals surface area contributed by atoms with Crippen molar-refractivity contribution < 1.29 is 19.0 Å². The Morgan fingerprint density at radius 3 is 2.55 bits per heavy atom. The maximum absolute atomic E-state index is 13.0. The first kappa shape index (κ1) is 19.4. The van der Waals surface area contributed by atoms with Crippen LogP contribution in [0.1, 0.15) is 21.5 Å². The maximum Gasteiger partial charge on any atom is 0.231 e. The average Bonchev–Trinajstić information content (AvgIpc) is 3.41. The van der Waals surface area contributed by atoms with E-state index in [1.807, 2.05) is 79.9 Å². The molecular weight excluding hydrogens is 416 g/mol. The zero-order chi connectivity index (χ0) is 22.4. The van der Waals surface area contributed by atoms with Gasteiger partial charge in [0.05, 0.1) is 11.3 Å². The monoisotopic (exact) mass is 436 g/mol. The van der Waals surface area contributed by atoms with Crippen LogP contribution in [0.2, 0.25) is 0 Å². The predicted molar refractivity (Wildman–Crippen MR) is 124 cm³/mol. The van der Waals surface area contributed by atoms with Gasteiger partial charge in [-0.05, 0) is 55.5 Å². The van der Waals surface area contributed by atoms with Crippen molar-refractivity contribution in [1.29, 1.82) is 0 Å². The number of allylic oxidation sites excluding steroid dienone is 1. The van der Waals surface area contributed by atoms with Crippen LogP contribution < -0.4 is 14.2 Å². The van der Waals surface area contributed by atoms with Gasteiger partial charge in [0.25, 0.3) is 0 Å². The Kier molecular flexibility index (Phi) is 4.50. The molecule has 33 heavy (non-hydrogen) atoms. The highest BCUT2D eigenvalue weighted by Gasteiger charge is 2.28. The van der Waals surface area contributed by atoms with Gasteiger partial charge in [0, 0.05) is 17.3 Å². The summed E-state index contributed by atoms with van der Waals surface area (Å²) < 4.78 is 19.1. The van der Waals surface area contributed by atoms with Crippen molar-refractivity contribution in [3.8, 4) is 34.2 Å². The molecule has 6 rings (SSSR count). The molecule has 0 radical (unpaired) electrons. The van der Waals surface area contributed by atoms with E-state index in [1.54, 1.807) is 10.8 Å². The molecular formula is C27H20N2O4. The van der Waals surface area contributed by atoms with E-state index in [-0.39, 0.29) is 11.5 Å². The summed E-state index contributed by atoms with van der Waals surface area (Å²) in [4.78, 5) is 13.0. The predicted octanol–water partition coefficient (Wildman–Crippen LogP) is 5.24. The largest absolute Gasteiger partial charge is 0.486 e. The Labute approximate surface area is 190 Å². The number of nitrogens with zero attached hydrogens (tertiary/aromatic N) is 2. The number of carbonyl (C=O) groups is 1. The standard InChI is InChI=1S/C27H20N2O4/c1-17-7-9-22-21(13-17)27(30)25(33-22)15-19-16-29(20-5-3-2-4-6-20)28-26(19)18-8-10-23-24(14-18)32-12-11-31-23/h2-10,13-16H,11-12H2,1H3/b25-15-. The lowest BCUT2D eigenvalue weighted by atomic mass is 10.0. The molecule has 6 heteroatoms. The molecule has 3 heterocycles. The molecule has 0 fully saturated rings. The highest BCUT2D eigenvalue weighted by atomic mass is 16.6. The van der Waals surface area contributed by atoms with Gasteiger partial charge in [-0.1, -0.05) is 29.8 Å². The first-order chi connectivity index (χ1) is 16.2. The Bertz CT molecular complexity index is 1420. The number of rotatable bonds is 3. The van der Waals surface area contributed by atoms with E-state index in [2.05, 4.69) is 0 Å². The number of Topliss-reactive ketones (excluding diaryl/α,β-unsaturated/α-hetero) is 1. The van der Waals surface area contributed by atoms with E-state index in [9.17, 15) is 4.79 Å². The second-order valence-corrected chi connectivity index (χ2v) is 8.01. The number of aromatic nitrogens is 2. The molecule has 0 N–H and O–H groups in total. The smallest absolute Gasteiger partial charge is 0.231 e. The lowest BCUT2D eigenvalue weighted by Crippen LogP contribution is -2.15. The minimum Gasteiger partial charge on any atom is -0.486 e. The van der Waals surface area contributed by atoms with Crippen LogP contribution >= 0.6 is 0 Å². The number of benzene rings is 3. The zero-order valence-corrected chi connectivity index (χ0v) is 17.9. The van der Waals surface area contributed by atoms with Crippen molar-refractivity contribution >= 4 is 11.9 Å². The van der Waals surface area contributed by atoms with Crippen LogP contribution in [0.5, 0.6) is 17.2 Å². The van der Waals surface area contributed by atoms with Crippen LogP contribution in [0, 0.1) is 6.92 Å². The molecule has 3 aromatic carbocycles. The highest BCUT2D eigenvalue weighted by molar-refractivity contribution is 6.14. The number of hydrogen-bond donors (Lipinski definition) is 0. The molecule has 0 bridgehead atoms. The summed E-state index contributed by atoms with van der Waals surface area (Å²) in [5.74, 6) is 2.12. The molecule has 0 atom stereocenters. The van der Waals surface area contributed by atoms with Gasteiger partial charge >= 0.3 is 0 Å². The molecule has 2 aliphatic heterocycles. The van der Waals surface area contributed by atoms with Gasteiger partial charge in [-0.2, -0.15) is 5.10 Å². The van der Waals surface area contributed by atoms with Crippen molar-refractivity contribution in [2.24, 2.45) is 0 Å². The quantitative estimate of drug-likeness (QED) is 0.411.